The molecule has 0 bridgehead atoms. The Morgan fingerprint density at radius 1 is 1.22 bits per heavy atom. The lowest BCUT2D eigenvalue weighted by Crippen LogP contribution is -2.33. The van der Waals surface area contributed by atoms with Gasteiger partial charge in [-0.2, -0.15) is 0 Å². The average molecular weight is 278 g/mol. The molecule has 0 aliphatic rings. The summed E-state index contributed by atoms with van der Waals surface area (Å²) >= 11 is 6.02. The van der Waals surface area contributed by atoms with Crippen molar-refractivity contribution < 1.29 is 9.53 Å². The first-order chi connectivity index (χ1) is 8.61. The summed E-state index contributed by atoms with van der Waals surface area (Å²) in [5.41, 5.74) is 0. The zero-order valence-corrected chi connectivity index (χ0v) is 12.8. The summed E-state index contributed by atoms with van der Waals surface area (Å²) in [5.74, 6) is 0.187. The van der Waals surface area contributed by atoms with Crippen LogP contribution < -0.4 is 0 Å². The zero-order chi connectivity index (χ0) is 13.8. The van der Waals surface area contributed by atoms with Gasteiger partial charge in [0, 0.05) is 27.1 Å². The van der Waals surface area contributed by atoms with E-state index in [1.165, 1.54) is 25.7 Å². The topological polar surface area (TPSA) is 29.5 Å². The van der Waals surface area contributed by atoms with Crippen LogP contribution in [0.2, 0.25) is 0 Å². The minimum absolute atomic E-state index is 0.117. The highest BCUT2D eigenvalue weighted by Crippen LogP contribution is 2.08. The van der Waals surface area contributed by atoms with Crippen LogP contribution in [0.1, 0.15) is 51.9 Å². The van der Waals surface area contributed by atoms with Crippen molar-refractivity contribution in [1.29, 1.82) is 0 Å². The van der Waals surface area contributed by atoms with E-state index in [2.05, 4.69) is 6.92 Å². The molecule has 0 saturated heterocycles. The molecule has 0 N–H and O–H groups in total. The van der Waals surface area contributed by atoms with Gasteiger partial charge in [0.15, 0.2) is 0 Å². The van der Waals surface area contributed by atoms with Crippen molar-refractivity contribution in [1.82, 2.24) is 4.90 Å². The molecule has 0 aromatic rings. The van der Waals surface area contributed by atoms with E-state index >= 15 is 0 Å². The summed E-state index contributed by atoms with van der Waals surface area (Å²) in [6.45, 7) is 3.25. The monoisotopic (exact) mass is 277 g/mol. The van der Waals surface area contributed by atoms with Gasteiger partial charge in [0.05, 0.1) is 12.0 Å². The van der Waals surface area contributed by atoms with Crippen molar-refractivity contribution in [2.75, 3.05) is 27.3 Å². The third-order valence-corrected chi connectivity index (χ3v) is 3.25. The predicted octanol–water partition coefficient (Wildman–Crippen LogP) is 3.45. The molecule has 0 rings (SSSR count). The quantitative estimate of drug-likeness (QED) is 0.428. The van der Waals surface area contributed by atoms with Gasteiger partial charge in [0.2, 0.25) is 5.91 Å². The number of hydrogen-bond acceptors (Lipinski definition) is 2. The molecule has 0 spiro atoms. The summed E-state index contributed by atoms with van der Waals surface area (Å²) in [4.78, 5) is 13.5. The lowest BCUT2D eigenvalue weighted by molar-refractivity contribution is -0.130. The Labute approximate surface area is 117 Å². The average Bonchev–Trinajstić information content (AvgIpc) is 2.33. The minimum Gasteiger partial charge on any atom is -0.383 e. The molecule has 4 heteroatoms. The van der Waals surface area contributed by atoms with Crippen molar-refractivity contribution in [2.45, 2.75) is 57.2 Å². The Hall–Kier alpha value is -0.280. The number of unbranched alkanes of at least 4 members (excludes halogenated alkanes) is 5. The normalized spacial score (nSPS) is 12.4. The van der Waals surface area contributed by atoms with Crippen molar-refractivity contribution in [2.24, 2.45) is 0 Å². The lowest BCUT2D eigenvalue weighted by Gasteiger charge is -2.20. The highest BCUT2D eigenvalue weighted by Gasteiger charge is 2.13. The van der Waals surface area contributed by atoms with E-state index in [1.54, 1.807) is 12.0 Å². The molecule has 18 heavy (non-hydrogen) atoms. The summed E-state index contributed by atoms with van der Waals surface area (Å²) < 4.78 is 4.95. The fraction of sp³-hybridized carbons (Fsp3) is 0.929. The van der Waals surface area contributed by atoms with Crippen LogP contribution in [0.25, 0.3) is 0 Å². The van der Waals surface area contributed by atoms with Crippen LogP contribution >= 0.6 is 11.6 Å². The maximum absolute atomic E-state index is 11.8. The molecule has 0 saturated carbocycles. The van der Waals surface area contributed by atoms with Crippen LogP contribution in [0.4, 0.5) is 0 Å². The van der Waals surface area contributed by atoms with Crippen LogP contribution in [0.5, 0.6) is 0 Å². The highest BCUT2D eigenvalue weighted by molar-refractivity contribution is 6.21. The number of amides is 1. The molecule has 3 nitrogen and oxygen atoms in total. The fourth-order valence-corrected chi connectivity index (χ4v) is 2.21. The third kappa shape index (κ3) is 9.72. The van der Waals surface area contributed by atoms with Gasteiger partial charge in [-0.05, 0) is 6.42 Å². The molecule has 0 aliphatic heterocycles. The molecule has 0 radical (unpaired) electrons. The van der Waals surface area contributed by atoms with Crippen molar-refractivity contribution in [3.63, 3.8) is 0 Å². The van der Waals surface area contributed by atoms with Gasteiger partial charge in [-0.15, -0.1) is 11.6 Å². The minimum atomic E-state index is -0.117. The Morgan fingerprint density at radius 3 is 2.44 bits per heavy atom. The molecule has 1 unspecified atom stereocenters. The van der Waals surface area contributed by atoms with E-state index < -0.39 is 0 Å². The van der Waals surface area contributed by atoms with Crippen molar-refractivity contribution in [3.8, 4) is 0 Å². The number of carbonyl (C=O) groups excluding carboxylic acids is 1. The molecule has 1 amide bonds. The van der Waals surface area contributed by atoms with Gasteiger partial charge in [-0.1, -0.05) is 39.0 Å². The van der Waals surface area contributed by atoms with E-state index in [-0.39, 0.29) is 11.3 Å². The number of ether oxygens (including phenoxy) is 1. The Morgan fingerprint density at radius 2 is 1.83 bits per heavy atom. The molecule has 108 valence electrons. The van der Waals surface area contributed by atoms with Crippen molar-refractivity contribution in [3.05, 3.63) is 0 Å². The van der Waals surface area contributed by atoms with Crippen LogP contribution in [0, 0.1) is 0 Å². The van der Waals surface area contributed by atoms with Crippen molar-refractivity contribution >= 4 is 17.5 Å². The molecule has 0 aromatic carbocycles. The third-order valence-electron chi connectivity index (χ3n) is 2.99. The summed E-state index contributed by atoms with van der Waals surface area (Å²) in [6, 6.07) is 0. The second-order valence-electron chi connectivity index (χ2n) is 4.84. The molecular weight excluding hydrogens is 250 g/mol. The van der Waals surface area contributed by atoms with Crippen LogP contribution in [-0.4, -0.2) is 43.5 Å². The highest BCUT2D eigenvalue weighted by atomic mass is 35.5. The number of halogens is 1. The number of alkyl halides is 1. The van der Waals surface area contributed by atoms with Crippen LogP contribution in [-0.2, 0) is 9.53 Å². The van der Waals surface area contributed by atoms with Gasteiger partial charge in [0.25, 0.3) is 0 Å². The second-order valence-corrected chi connectivity index (χ2v) is 5.46. The molecule has 1 atom stereocenters. The summed E-state index contributed by atoms with van der Waals surface area (Å²) in [6.07, 6.45) is 7.88. The molecular formula is C14H28ClNO2. The second kappa shape index (κ2) is 11.8. The predicted molar refractivity (Wildman–Crippen MR) is 77.1 cm³/mol. The lowest BCUT2D eigenvalue weighted by atomic mass is 10.1. The smallest absolute Gasteiger partial charge is 0.222 e. The maximum atomic E-state index is 11.8. The Bertz CT molecular complexity index is 212. The number of methoxy groups -OCH3 is 1. The first kappa shape index (κ1) is 17.7. The molecule has 0 aromatic heterocycles. The van der Waals surface area contributed by atoms with Gasteiger partial charge in [0.1, 0.15) is 0 Å². The zero-order valence-electron chi connectivity index (χ0n) is 12.1. The van der Waals surface area contributed by atoms with E-state index in [1.807, 2.05) is 7.05 Å². The number of nitrogens with zero attached hydrogens (tertiary/aromatic N) is 1. The van der Waals surface area contributed by atoms with Gasteiger partial charge < -0.3 is 9.64 Å². The fourth-order valence-electron chi connectivity index (χ4n) is 1.88. The van der Waals surface area contributed by atoms with Gasteiger partial charge in [-0.3, -0.25) is 4.79 Å². The van der Waals surface area contributed by atoms with E-state index in [4.69, 9.17) is 16.3 Å². The van der Waals surface area contributed by atoms with Crippen LogP contribution in [0.15, 0.2) is 0 Å². The van der Waals surface area contributed by atoms with E-state index in [0.29, 0.717) is 19.6 Å². The molecule has 0 aliphatic carbocycles. The van der Waals surface area contributed by atoms with E-state index in [0.717, 1.165) is 12.8 Å². The van der Waals surface area contributed by atoms with Crippen LogP contribution in [0.3, 0.4) is 0 Å². The SMILES string of the molecule is CCCCCCCCC(=O)N(C)CC(Cl)COC. The largest absolute Gasteiger partial charge is 0.383 e. The first-order valence-corrected chi connectivity index (χ1v) is 7.42. The summed E-state index contributed by atoms with van der Waals surface area (Å²) in [7, 11) is 3.43. The number of carbonyl (C=O) groups is 1. The number of rotatable bonds is 11. The molecule has 0 fully saturated rings. The maximum Gasteiger partial charge on any atom is 0.222 e. The Balaban J connectivity index is 3.55. The van der Waals surface area contributed by atoms with E-state index in [9.17, 15) is 4.79 Å². The number of hydrogen-bond donors (Lipinski definition) is 0. The standard InChI is InChI=1S/C14H28ClNO2/c1-4-5-6-7-8-9-10-14(17)16(2)11-13(15)12-18-3/h13H,4-12H2,1-3H3. The molecule has 0 heterocycles. The van der Waals surface area contributed by atoms with Gasteiger partial charge >= 0.3 is 0 Å². The Kier molecular flexibility index (Phi) is 11.6. The first-order valence-electron chi connectivity index (χ1n) is 6.98. The van der Waals surface area contributed by atoms with Gasteiger partial charge in [-0.25, -0.2) is 0 Å². The summed E-state index contributed by atoms with van der Waals surface area (Å²) in [5, 5.41) is -0.117.